The Morgan fingerprint density at radius 3 is 2.70 bits per heavy atom. The average molecular weight is 450 g/mol. The zero-order valence-corrected chi connectivity index (χ0v) is 18.9. The second-order valence-electron chi connectivity index (χ2n) is 8.24. The molecule has 1 saturated heterocycles. The monoisotopic (exact) mass is 449 g/mol. The van der Waals surface area contributed by atoms with E-state index in [2.05, 4.69) is 16.5 Å². The first-order chi connectivity index (χ1) is 16.0. The van der Waals surface area contributed by atoms with Crippen molar-refractivity contribution in [1.82, 2.24) is 10.1 Å². The number of rotatable bonds is 6. The van der Waals surface area contributed by atoms with Crippen LogP contribution in [0.4, 0.5) is 15.1 Å². The van der Waals surface area contributed by atoms with Gasteiger partial charge in [0.05, 0.1) is 12.3 Å². The number of anilines is 1. The summed E-state index contributed by atoms with van der Waals surface area (Å²) in [5.41, 5.74) is 4.90. The van der Waals surface area contributed by atoms with Gasteiger partial charge in [0.1, 0.15) is 11.6 Å². The van der Waals surface area contributed by atoms with Gasteiger partial charge in [-0.1, -0.05) is 41.1 Å². The molecular weight excluding hydrogens is 421 g/mol. The number of likely N-dealkylation sites (tertiary alicyclic amines) is 1. The van der Waals surface area contributed by atoms with E-state index >= 15 is 0 Å². The van der Waals surface area contributed by atoms with Gasteiger partial charge in [-0.15, -0.1) is 0 Å². The largest absolute Gasteiger partial charge is 0.493 e. The summed E-state index contributed by atoms with van der Waals surface area (Å²) in [6.07, 6.45) is 4.44. The average Bonchev–Trinajstić information content (AvgIpc) is 3.12. The summed E-state index contributed by atoms with van der Waals surface area (Å²) < 4.78 is 24.3. The third-order valence-electron chi connectivity index (χ3n) is 5.85. The summed E-state index contributed by atoms with van der Waals surface area (Å²) in [6, 6.07) is 14.4. The number of aryl methyl sites for hydroxylation is 1. The van der Waals surface area contributed by atoms with Crippen LogP contribution in [0.15, 0.2) is 58.6 Å². The fraction of sp³-hybridized carbons (Fsp3) is 0.308. The van der Waals surface area contributed by atoms with Crippen molar-refractivity contribution >= 4 is 18.0 Å². The Balaban J connectivity index is 1.28. The van der Waals surface area contributed by atoms with Crippen molar-refractivity contribution in [3.8, 4) is 5.75 Å². The van der Waals surface area contributed by atoms with Gasteiger partial charge >= 0.3 is 6.03 Å². The molecule has 0 saturated carbocycles. The first-order valence-electron chi connectivity index (χ1n) is 11.1. The first-order valence-corrected chi connectivity index (χ1v) is 11.1. The summed E-state index contributed by atoms with van der Waals surface area (Å²) in [5, 5.41) is 6.68. The molecule has 0 aliphatic carbocycles. The number of aromatic nitrogens is 1. The molecule has 0 atom stereocenters. The van der Waals surface area contributed by atoms with Crippen LogP contribution in [-0.2, 0) is 6.42 Å². The van der Waals surface area contributed by atoms with Crippen LogP contribution in [0.1, 0.15) is 35.2 Å². The lowest BCUT2D eigenvalue weighted by Crippen LogP contribution is -2.39. The normalized spacial score (nSPS) is 13.7. The zero-order chi connectivity index (χ0) is 23.2. The number of amides is 2. The number of hydrogen-bond donors (Lipinski definition) is 1. The van der Waals surface area contributed by atoms with Gasteiger partial charge in [0.2, 0.25) is 5.88 Å². The molecule has 1 aliphatic rings. The van der Waals surface area contributed by atoms with Crippen LogP contribution in [0.5, 0.6) is 5.75 Å². The molecule has 1 fully saturated rings. The fourth-order valence-corrected chi connectivity index (χ4v) is 3.76. The van der Waals surface area contributed by atoms with E-state index in [0.29, 0.717) is 32.0 Å². The number of piperidine rings is 1. The number of carbonyl (C=O) groups is 1. The van der Waals surface area contributed by atoms with Crippen molar-refractivity contribution < 1.29 is 18.4 Å². The van der Waals surface area contributed by atoms with Gasteiger partial charge in [-0.3, -0.25) is 5.32 Å². The van der Waals surface area contributed by atoms with Gasteiger partial charge in [0.15, 0.2) is 0 Å². The maximum atomic E-state index is 13.3. The predicted octanol–water partition coefficient (Wildman–Crippen LogP) is 5.76. The Morgan fingerprint density at radius 1 is 1.18 bits per heavy atom. The Bertz CT molecular complexity index is 1150. The number of nitrogens with zero attached hydrogens (tertiary/aromatic N) is 2. The lowest BCUT2D eigenvalue weighted by Gasteiger charge is -2.28. The SMILES string of the molecule is Cc1noc(NC(=O)N2CCC(=Cc3cccc(OCCc4cccc(F)c4)c3)CC2)c1C. The fourth-order valence-electron chi connectivity index (χ4n) is 3.76. The smallest absolute Gasteiger partial charge is 0.324 e. The molecule has 6 nitrogen and oxygen atoms in total. The number of halogens is 1. The molecular formula is C26H28FN3O3. The number of nitrogens with one attached hydrogen (secondary N) is 1. The molecule has 2 aromatic carbocycles. The Hall–Kier alpha value is -3.61. The zero-order valence-electron chi connectivity index (χ0n) is 18.9. The third kappa shape index (κ3) is 6.00. The van der Waals surface area contributed by atoms with E-state index in [-0.39, 0.29) is 11.8 Å². The predicted molar refractivity (Wildman–Crippen MR) is 126 cm³/mol. The number of benzene rings is 2. The molecule has 172 valence electrons. The molecule has 0 unspecified atom stereocenters. The van der Waals surface area contributed by atoms with Crippen LogP contribution in [0, 0.1) is 19.7 Å². The minimum Gasteiger partial charge on any atom is -0.493 e. The molecule has 0 bridgehead atoms. The van der Waals surface area contributed by atoms with Crippen molar-refractivity contribution in [3.05, 3.63) is 82.3 Å². The highest BCUT2D eigenvalue weighted by Gasteiger charge is 2.21. The van der Waals surface area contributed by atoms with Crippen molar-refractivity contribution in [2.24, 2.45) is 0 Å². The van der Waals surface area contributed by atoms with Crippen LogP contribution >= 0.6 is 0 Å². The van der Waals surface area contributed by atoms with E-state index in [4.69, 9.17) is 9.26 Å². The molecule has 1 aliphatic heterocycles. The number of carbonyl (C=O) groups excluding carboxylic acids is 1. The van der Waals surface area contributed by atoms with E-state index in [1.54, 1.807) is 11.0 Å². The van der Waals surface area contributed by atoms with E-state index in [9.17, 15) is 9.18 Å². The number of ether oxygens (including phenoxy) is 1. The standard InChI is InChI=1S/C26H28FN3O3/c1-18-19(2)29-33-25(18)28-26(31)30-12-9-21(10-13-30)15-22-6-4-8-24(17-22)32-14-11-20-5-3-7-23(27)16-20/h3-8,15-17H,9-14H2,1-2H3,(H,28,31). The molecule has 3 aromatic rings. The summed E-state index contributed by atoms with van der Waals surface area (Å²) in [5.74, 6) is 0.969. The van der Waals surface area contributed by atoms with Gasteiger partial charge in [0, 0.05) is 25.1 Å². The van der Waals surface area contributed by atoms with Crippen LogP contribution in [0.2, 0.25) is 0 Å². The Morgan fingerprint density at radius 2 is 1.97 bits per heavy atom. The number of hydrogen-bond acceptors (Lipinski definition) is 4. The van der Waals surface area contributed by atoms with E-state index < -0.39 is 0 Å². The summed E-state index contributed by atoms with van der Waals surface area (Å²) in [6.45, 7) is 5.49. The van der Waals surface area contributed by atoms with Gasteiger partial charge in [-0.2, -0.15) is 0 Å². The minimum absolute atomic E-state index is 0.165. The topological polar surface area (TPSA) is 67.6 Å². The lowest BCUT2D eigenvalue weighted by molar-refractivity contribution is 0.207. The first kappa shape index (κ1) is 22.6. The molecule has 7 heteroatoms. The lowest BCUT2D eigenvalue weighted by atomic mass is 10.0. The van der Waals surface area contributed by atoms with Crippen LogP contribution in [0.3, 0.4) is 0 Å². The highest BCUT2D eigenvalue weighted by molar-refractivity contribution is 5.88. The molecule has 4 rings (SSSR count). The summed E-state index contributed by atoms with van der Waals surface area (Å²) in [7, 11) is 0. The van der Waals surface area contributed by atoms with E-state index in [1.807, 2.05) is 44.2 Å². The molecule has 0 radical (unpaired) electrons. The molecule has 2 amide bonds. The van der Waals surface area contributed by atoms with Crippen molar-refractivity contribution in [3.63, 3.8) is 0 Å². The highest BCUT2D eigenvalue weighted by atomic mass is 19.1. The molecule has 1 aromatic heterocycles. The summed E-state index contributed by atoms with van der Waals surface area (Å²) >= 11 is 0. The second-order valence-corrected chi connectivity index (χ2v) is 8.24. The molecule has 0 spiro atoms. The Kier molecular flexibility index (Phi) is 7.07. The van der Waals surface area contributed by atoms with Crippen molar-refractivity contribution in [2.45, 2.75) is 33.1 Å². The van der Waals surface area contributed by atoms with Gasteiger partial charge in [0.25, 0.3) is 0 Å². The number of urea groups is 1. The third-order valence-corrected chi connectivity index (χ3v) is 5.85. The molecule has 2 heterocycles. The van der Waals surface area contributed by atoms with Crippen LogP contribution in [-0.4, -0.2) is 35.8 Å². The van der Waals surface area contributed by atoms with Crippen molar-refractivity contribution in [1.29, 1.82) is 0 Å². The molecule has 1 N–H and O–H groups in total. The van der Waals surface area contributed by atoms with Crippen LogP contribution < -0.4 is 10.1 Å². The quantitative estimate of drug-likeness (QED) is 0.519. The van der Waals surface area contributed by atoms with Gasteiger partial charge in [-0.25, -0.2) is 9.18 Å². The van der Waals surface area contributed by atoms with Gasteiger partial charge in [-0.05, 0) is 62.1 Å². The van der Waals surface area contributed by atoms with Crippen molar-refractivity contribution in [2.75, 3.05) is 25.0 Å². The van der Waals surface area contributed by atoms with Crippen LogP contribution in [0.25, 0.3) is 6.08 Å². The van der Waals surface area contributed by atoms with E-state index in [1.165, 1.54) is 17.7 Å². The van der Waals surface area contributed by atoms with Gasteiger partial charge < -0.3 is 14.2 Å². The Labute approximate surface area is 193 Å². The van der Waals surface area contributed by atoms with E-state index in [0.717, 1.165) is 41.0 Å². The molecule has 33 heavy (non-hydrogen) atoms. The maximum absolute atomic E-state index is 13.3. The maximum Gasteiger partial charge on any atom is 0.324 e. The highest BCUT2D eigenvalue weighted by Crippen LogP contribution is 2.23. The second kappa shape index (κ2) is 10.3. The summed E-state index contributed by atoms with van der Waals surface area (Å²) in [4.78, 5) is 14.3. The minimum atomic E-state index is -0.229.